The van der Waals surface area contributed by atoms with E-state index in [4.69, 9.17) is 0 Å². The summed E-state index contributed by atoms with van der Waals surface area (Å²) in [7, 11) is -0.700. The molecule has 1 aromatic rings. The first-order valence-electron chi connectivity index (χ1n) is 6.70. The van der Waals surface area contributed by atoms with E-state index in [2.05, 4.69) is 64.2 Å². The van der Waals surface area contributed by atoms with E-state index in [1.54, 1.807) is 5.19 Å². The van der Waals surface area contributed by atoms with Gasteiger partial charge < -0.3 is 0 Å². The maximum absolute atomic E-state index is 2.34. The summed E-state index contributed by atoms with van der Waals surface area (Å²) in [5.74, 6) is 0. The molecular weight excluding hydrogens is 224 g/mol. The van der Waals surface area contributed by atoms with E-state index in [0.29, 0.717) is 0 Å². The summed E-state index contributed by atoms with van der Waals surface area (Å²) < 4.78 is 0. The molecule has 0 fully saturated rings. The second-order valence-electron chi connectivity index (χ2n) is 4.66. The topological polar surface area (TPSA) is 0 Å². The van der Waals surface area contributed by atoms with Crippen LogP contribution in [0, 0.1) is 0 Å². The third-order valence-corrected chi connectivity index (χ3v) is 8.38. The molecule has 0 nitrogen and oxygen atoms in total. The molecule has 0 bridgehead atoms. The zero-order valence-corrected chi connectivity index (χ0v) is 14.0. The van der Waals surface area contributed by atoms with Crippen molar-refractivity contribution in [3.05, 3.63) is 30.3 Å². The Labute approximate surface area is 105 Å². The molecule has 0 aliphatic rings. The van der Waals surface area contributed by atoms with E-state index in [1.165, 1.54) is 18.1 Å². The van der Waals surface area contributed by atoms with Crippen LogP contribution in [0.5, 0.6) is 0 Å². The Morgan fingerprint density at radius 2 is 1.25 bits per heavy atom. The molecule has 0 saturated carbocycles. The van der Waals surface area contributed by atoms with Crippen molar-refractivity contribution in [1.29, 1.82) is 0 Å². The maximum atomic E-state index is 2.34. The molecule has 0 atom stereocenters. The number of benzene rings is 1. The lowest BCUT2D eigenvalue weighted by molar-refractivity contribution is 1.24. The molecular formula is C14H28Si2. The normalized spacial score (nSPS) is 10.2. The standard InChI is InChI=1S/C8H12Si.C6H16Si/c1-9(2)8-6-4-3-5-7-8;1-4-7(5-2)6-3/h3-7,9H,1-2H3;7H,4-6H2,1-3H3. The highest BCUT2D eigenvalue weighted by atomic mass is 28.3. The Bertz CT molecular complexity index is 235. The summed E-state index contributed by atoms with van der Waals surface area (Å²) in [5.41, 5.74) is 0. The molecule has 16 heavy (non-hydrogen) atoms. The van der Waals surface area contributed by atoms with Crippen molar-refractivity contribution >= 4 is 22.8 Å². The monoisotopic (exact) mass is 252 g/mol. The summed E-state index contributed by atoms with van der Waals surface area (Å²) in [6.45, 7) is 11.7. The molecule has 0 heterocycles. The van der Waals surface area contributed by atoms with Gasteiger partial charge in [0, 0.05) is 8.80 Å². The van der Waals surface area contributed by atoms with E-state index in [-0.39, 0.29) is 8.80 Å². The van der Waals surface area contributed by atoms with Gasteiger partial charge in [-0.2, -0.15) is 0 Å². The predicted molar refractivity (Wildman–Crippen MR) is 83.5 cm³/mol. The van der Waals surface area contributed by atoms with E-state index < -0.39 is 8.80 Å². The molecule has 2 heteroatoms. The van der Waals surface area contributed by atoms with Gasteiger partial charge in [0.05, 0.1) is 8.80 Å². The predicted octanol–water partition coefficient (Wildman–Crippen LogP) is 3.65. The second-order valence-corrected chi connectivity index (χ2v) is 11.8. The molecule has 0 N–H and O–H groups in total. The smallest absolute Gasteiger partial charge is 0.0647 e. The molecule has 0 spiro atoms. The third-order valence-electron chi connectivity index (χ3n) is 3.20. The minimum absolute atomic E-state index is 0.171. The Hall–Kier alpha value is -0.346. The molecule has 1 aromatic carbocycles. The van der Waals surface area contributed by atoms with Crippen molar-refractivity contribution in [3.8, 4) is 0 Å². The summed E-state index contributed by atoms with van der Waals surface area (Å²) >= 11 is 0. The molecule has 0 saturated heterocycles. The van der Waals surface area contributed by atoms with Crippen LogP contribution in [0.3, 0.4) is 0 Å². The summed E-state index contributed by atoms with van der Waals surface area (Å²) in [5, 5.41) is 1.55. The van der Waals surface area contributed by atoms with Crippen LogP contribution in [0.4, 0.5) is 0 Å². The van der Waals surface area contributed by atoms with Crippen LogP contribution in [0.1, 0.15) is 20.8 Å². The highest BCUT2D eigenvalue weighted by molar-refractivity contribution is 6.70. The van der Waals surface area contributed by atoms with Gasteiger partial charge >= 0.3 is 0 Å². The van der Waals surface area contributed by atoms with Crippen LogP contribution in [0.15, 0.2) is 30.3 Å². The Kier molecular flexibility index (Phi) is 9.64. The summed E-state index contributed by atoms with van der Waals surface area (Å²) in [6.07, 6.45) is 0. The van der Waals surface area contributed by atoms with Crippen molar-refractivity contribution in [3.63, 3.8) is 0 Å². The molecule has 0 aliphatic heterocycles. The van der Waals surface area contributed by atoms with Gasteiger partial charge in [0.2, 0.25) is 0 Å². The molecule has 0 amide bonds. The molecule has 1 rings (SSSR count). The lowest BCUT2D eigenvalue weighted by Crippen LogP contribution is -2.21. The van der Waals surface area contributed by atoms with Crippen molar-refractivity contribution in [2.45, 2.75) is 52.0 Å². The quantitative estimate of drug-likeness (QED) is 0.718. The van der Waals surface area contributed by atoms with Crippen LogP contribution in [-0.2, 0) is 0 Å². The maximum Gasteiger partial charge on any atom is 0.0647 e. The first kappa shape index (κ1) is 15.7. The fourth-order valence-electron chi connectivity index (χ4n) is 1.70. The van der Waals surface area contributed by atoms with Gasteiger partial charge in [-0.3, -0.25) is 0 Å². The minimum Gasteiger partial charge on any atom is -0.0682 e. The summed E-state index contributed by atoms with van der Waals surface area (Å²) in [4.78, 5) is 0. The van der Waals surface area contributed by atoms with Crippen molar-refractivity contribution in [2.24, 2.45) is 0 Å². The largest absolute Gasteiger partial charge is 0.0682 e. The van der Waals surface area contributed by atoms with Gasteiger partial charge in [0.15, 0.2) is 0 Å². The highest BCUT2D eigenvalue weighted by Gasteiger charge is 1.98. The van der Waals surface area contributed by atoms with E-state index in [9.17, 15) is 0 Å². The second kappa shape index (κ2) is 9.85. The molecule has 0 aromatic heterocycles. The van der Waals surface area contributed by atoms with Gasteiger partial charge in [-0.25, -0.2) is 0 Å². The number of hydrogen-bond donors (Lipinski definition) is 0. The van der Waals surface area contributed by atoms with Gasteiger partial charge in [-0.05, 0) is 0 Å². The Balaban J connectivity index is 0.000000293. The Morgan fingerprint density at radius 3 is 1.44 bits per heavy atom. The molecule has 0 aliphatic carbocycles. The number of hydrogen-bond acceptors (Lipinski definition) is 0. The molecule has 92 valence electrons. The SMILES string of the molecule is CC[SiH](CC)CC.C[SiH](C)c1ccccc1. The van der Waals surface area contributed by atoms with Gasteiger partial charge in [-0.15, -0.1) is 0 Å². The highest BCUT2D eigenvalue weighted by Crippen LogP contribution is 2.01. The third kappa shape index (κ3) is 7.01. The fraction of sp³-hybridized carbons (Fsp3) is 0.571. The van der Waals surface area contributed by atoms with Crippen molar-refractivity contribution in [1.82, 2.24) is 0 Å². The van der Waals surface area contributed by atoms with Crippen LogP contribution in [-0.4, -0.2) is 17.6 Å². The van der Waals surface area contributed by atoms with Crippen LogP contribution < -0.4 is 5.19 Å². The first-order chi connectivity index (χ1) is 7.65. The average molecular weight is 253 g/mol. The number of rotatable bonds is 4. The van der Waals surface area contributed by atoms with E-state index >= 15 is 0 Å². The lowest BCUT2D eigenvalue weighted by Gasteiger charge is -2.03. The lowest BCUT2D eigenvalue weighted by atomic mass is 10.4. The fourth-order valence-corrected chi connectivity index (χ4v) is 4.43. The van der Waals surface area contributed by atoms with E-state index in [1.807, 2.05) is 0 Å². The van der Waals surface area contributed by atoms with Gasteiger partial charge in [0.25, 0.3) is 0 Å². The minimum atomic E-state index is -0.529. The summed E-state index contributed by atoms with van der Waals surface area (Å²) in [6, 6.07) is 15.2. The Morgan fingerprint density at radius 1 is 0.812 bits per heavy atom. The van der Waals surface area contributed by atoms with Crippen molar-refractivity contribution < 1.29 is 0 Å². The van der Waals surface area contributed by atoms with Crippen molar-refractivity contribution in [2.75, 3.05) is 0 Å². The average Bonchev–Trinajstić information content (AvgIpc) is 2.33. The molecule has 0 radical (unpaired) electrons. The van der Waals surface area contributed by atoms with Crippen LogP contribution in [0.2, 0.25) is 31.2 Å². The van der Waals surface area contributed by atoms with Gasteiger partial charge in [0.1, 0.15) is 0 Å². The molecule has 0 unspecified atom stereocenters. The first-order valence-corrected chi connectivity index (χ1v) is 12.0. The van der Waals surface area contributed by atoms with Crippen LogP contribution >= 0.6 is 0 Å². The zero-order valence-electron chi connectivity index (χ0n) is 11.7. The van der Waals surface area contributed by atoms with Crippen LogP contribution in [0.25, 0.3) is 0 Å². The zero-order chi connectivity index (χ0) is 12.4. The van der Waals surface area contributed by atoms with E-state index in [0.717, 1.165) is 0 Å². The van der Waals surface area contributed by atoms with Gasteiger partial charge in [-0.1, -0.05) is 87.5 Å².